The fraction of sp³-hybridized carbons (Fsp3) is 0.733. The van der Waals surface area contributed by atoms with Crippen molar-refractivity contribution >= 4 is 5.91 Å². The molecule has 2 fully saturated rings. The molecule has 1 aliphatic carbocycles. The Morgan fingerprint density at radius 1 is 1.40 bits per heavy atom. The molecule has 1 amide bonds. The standard InChI is InChI=1S/C15H23N3O2/c1-16-7-4-11-5-8-18(9-6-11)15(19)13-10-14(20-17-13)12-2-3-12/h10-12,16H,2-9H2,1H3. The summed E-state index contributed by atoms with van der Waals surface area (Å²) in [5.41, 5.74) is 0.487. The Bertz CT molecular complexity index is 459. The number of carbonyl (C=O) groups is 1. The normalized spacial score (nSPS) is 20.4. The average molecular weight is 277 g/mol. The molecule has 0 aromatic carbocycles. The summed E-state index contributed by atoms with van der Waals surface area (Å²) in [7, 11) is 1.99. The molecule has 1 aromatic rings. The van der Waals surface area contributed by atoms with Gasteiger partial charge in [0.1, 0.15) is 5.76 Å². The smallest absolute Gasteiger partial charge is 0.276 e. The molecule has 5 heteroatoms. The van der Waals surface area contributed by atoms with Gasteiger partial charge in [-0.05, 0) is 51.6 Å². The van der Waals surface area contributed by atoms with Crippen LogP contribution >= 0.6 is 0 Å². The van der Waals surface area contributed by atoms with E-state index < -0.39 is 0 Å². The van der Waals surface area contributed by atoms with Crippen LogP contribution < -0.4 is 5.32 Å². The molecular formula is C15H23N3O2. The number of piperidine rings is 1. The number of amides is 1. The topological polar surface area (TPSA) is 58.4 Å². The first kappa shape index (κ1) is 13.6. The second-order valence-corrected chi connectivity index (χ2v) is 6.02. The number of hydrogen-bond donors (Lipinski definition) is 1. The second kappa shape index (κ2) is 5.95. The molecule has 0 atom stereocenters. The second-order valence-electron chi connectivity index (χ2n) is 6.02. The van der Waals surface area contributed by atoms with Crippen LogP contribution in [0.1, 0.15) is 54.3 Å². The number of carbonyl (C=O) groups excluding carboxylic acids is 1. The number of nitrogens with zero attached hydrogens (tertiary/aromatic N) is 2. The van der Waals surface area contributed by atoms with Crippen molar-refractivity contribution < 1.29 is 9.32 Å². The monoisotopic (exact) mass is 277 g/mol. The molecule has 2 aliphatic rings. The molecule has 0 bridgehead atoms. The Morgan fingerprint density at radius 2 is 2.15 bits per heavy atom. The molecule has 2 heterocycles. The van der Waals surface area contributed by atoms with Gasteiger partial charge in [-0.3, -0.25) is 4.79 Å². The molecule has 20 heavy (non-hydrogen) atoms. The predicted molar refractivity (Wildman–Crippen MR) is 75.6 cm³/mol. The maximum Gasteiger partial charge on any atom is 0.276 e. The summed E-state index contributed by atoms with van der Waals surface area (Å²) >= 11 is 0. The van der Waals surface area contributed by atoms with Gasteiger partial charge < -0.3 is 14.7 Å². The van der Waals surface area contributed by atoms with Gasteiger partial charge in [-0.15, -0.1) is 0 Å². The van der Waals surface area contributed by atoms with Gasteiger partial charge in [-0.2, -0.15) is 0 Å². The van der Waals surface area contributed by atoms with Gasteiger partial charge >= 0.3 is 0 Å². The van der Waals surface area contributed by atoms with Gasteiger partial charge in [0, 0.05) is 25.1 Å². The van der Waals surface area contributed by atoms with Gasteiger partial charge in [0.15, 0.2) is 5.69 Å². The van der Waals surface area contributed by atoms with E-state index in [0.717, 1.165) is 44.2 Å². The number of rotatable bonds is 5. The van der Waals surface area contributed by atoms with Crippen molar-refractivity contribution in [1.82, 2.24) is 15.4 Å². The van der Waals surface area contributed by atoms with Crippen molar-refractivity contribution in [2.75, 3.05) is 26.7 Å². The van der Waals surface area contributed by atoms with Gasteiger partial charge in [0.05, 0.1) is 0 Å². The zero-order valence-corrected chi connectivity index (χ0v) is 12.1. The lowest BCUT2D eigenvalue weighted by atomic mass is 9.93. The van der Waals surface area contributed by atoms with E-state index in [1.807, 2.05) is 18.0 Å². The van der Waals surface area contributed by atoms with Gasteiger partial charge in [-0.25, -0.2) is 0 Å². The van der Waals surface area contributed by atoms with E-state index in [4.69, 9.17) is 4.52 Å². The van der Waals surface area contributed by atoms with E-state index in [2.05, 4.69) is 10.5 Å². The summed E-state index contributed by atoms with van der Waals surface area (Å²) in [6, 6.07) is 1.84. The molecule has 0 unspecified atom stereocenters. The largest absolute Gasteiger partial charge is 0.360 e. The summed E-state index contributed by atoms with van der Waals surface area (Å²) in [5, 5.41) is 7.14. The highest BCUT2D eigenvalue weighted by Gasteiger charge is 2.30. The minimum absolute atomic E-state index is 0.0349. The van der Waals surface area contributed by atoms with Crippen LogP contribution in [0.25, 0.3) is 0 Å². The molecule has 0 spiro atoms. The van der Waals surface area contributed by atoms with Crippen LogP contribution in [0.4, 0.5) is 0 Å². The summed E-state index contributed by atoms with van der Waals surface area (Å²) in [6.07, 6.45) is 5.73. The Labute approximate surface area is 119 Å². The quantitative estimate of drug-likeness (QED) is 0.894. The maximum absolute atomic E-state index is 12.4. The van der Waals surface area contributed by atoms with Crippen LogP contribution in [0.15, 0.2) is 10.6 Å². The maximum atomic E-state index is 12.4. The van der Waals surface area contributed by atoms with Crippen LogP contribution in [-0.2, 0) is 0 Å². The Morgan fingerprint density at radius 3 is 2.80 bits per heavy atom. The summed E-state index contributed by atoms with van der Waals surface area (Å²) in [4.78, 5) is 14.3. The molecule has 5 nitrogen and oxygen atoms in total. The first-order valence-electron chi connectivity index (χ1n) is 7.68. The summed E-state index contributed by atoms with van der Waals surface area (Å²) in [6.45, 7) is 2.75. The van der Waals surface area contributed by atoms with E-state index >= 15 is 0 Å². The molecular weight excluding hydrogens is 254 g/mol. The molecule has 1 aromatic heterocycles. The van der Waals surface area contributed by atoms with Gasteiger partial charge in [-0.1, -0.05) is 5.16 Å². The van der Waals surface area contributed by atoms with Gasteiger partial charge in [0.2, 0.25) is 0 Å². The molecule has 1 N–H and O–H groups in total. The van der Waals surface area contributed by atoms with E-state index in [9.17, 15) is 4.79 Å². The molecule has 1 saturated heterocycles. The number of hydrogen-bond acceptors (Lipinski definition) is 4. The highest BCUT2D eigenvalue weighted by Crippen LogP contribution is 2.40. The number of aromatic nitrogens is 1. The fourth-order valence-electron chi connectivity index (χ4n) is 2.89. The van der Waals surface area contributed by atoms with Crippen LogP contribution in [-0.4, -0.2) is 42.6 Å². The van der Waals surface area contributed by atoms with Gasteiger partial charge in [0.25, 0.3) is 5.91 Å². The molecule has 1 saturated carbocycles. The molecule has 110 valence electrons. The van der Waals surface area contributed by atoms with E-state index in [0.29, 0.717) is 11.6 Å². The van der Waals surface area contributed by atoms with Crippen LogP contribution in [0.2, 0.25) is 0 Å². The van der Waals surface area contributed by atoms with Crippen LogP contribution in [0.5, 0.6) is 0 Å². The van der Waals surface area contributed by atoms with Crippen molar-refractivity contribution in [3.63, 3.8) is 0 Å². The molecule has 0 radical (unpaired) electrons. The van der Waals surface area contributed by atoms with E-state index in [1.165, 1.54) is 19.3 Å². The van der Waals surface area contributed by atoms with Crippen molar-refractivity contribution in [3.05, 3.63) is 17.5 Å². The fourth-order valence-corrected chi connectivity index (χ4v) is 2.89. The molecule has 1 aliphatic heterocycles. The van der Waals surface area contributed by atoms with E-state index in [1.54, 1.807) is 0 Å². The zero-order chi connectivity index (χ0) is 13.9. The van der Waals surface area contributed by atoms with Crippen molar-refractivity contribution in [3.8, 4) is 0 Å². The first-order valence-corrected chi connectivity index (χ1v) is 7.68. The predicted octanol–water partition coefficient (Wildman–Crippen LogP) is 2.01. The molecule has 3 rings (SSSR count). The minimum atomic E-state index is 0.0349. The Balaban J connectivity index is 1.52. The Hall–Kier alpha value is -1.36. The third kappa shape index (κ3) is 3.03. The first-order chi connectivity index (χ1) is 9.78. The Kier molecular flexibility index (Phi) is 4.05. The van der Waals surface area contributed by atoms with Crippen LogP contribution in [0, 0.1) is 5.92 Å². The van der Waals surface area contributed by atoms with E-state index in [-0.39, 0.29) is 5.91 Å². The average Bonchev–Trinajstić information content (AvgIpc) is 3.22. The number of likely N-dealkylation sites (tertiary alicyclic amines) is 1. The highest BCUT2D eigenvalue weighted by atomic mass is 16.5. The lowest BCUT2D eigenvalue weighted by Gasteiger charge is -2.31. The van der Waals surface area contributed by atoms with Crippen molar-refractivity contribution in [2.45, 2.75) is 38.0 Å². The minimum Gasteiger partial charge on any atom is -0.360 e. The van der Waals surface area contributed by atoms with Crippen LogP contribution in [0.3, 0.4) is 0 Å². The third-order valence-corrected chi connectivity index (χ3v) is 4.43. The highest BCUT2D eigenvalue weighted by molar-refractivity contribution is 5.92. The summed E-state index contributed by atoms with van der Waals surface area (Å²) < 4.78 is 5.27. The lowest BCUT2D eigenvalue weighted by molar-refractivity contribution is 0.0676. The number of nitrogens with one attached hydrogen (secondary N) is 1. The lowest BCUT2D eigenvalue weighted by Crippen LogP contribution is -2.39. The third-order valence-electron chi connectivity index (χ3n) is 4.43. The van der Waals surface area contributed by atoms with Crippen molar-refractivity contribution in [1.29, 1.82) is 0 Å². The zero-order valence-electron chi connectivity index (χ0n) is 12.1. The van der Waals surface area contributed by atoms with Crippen molar-refractivity contribution in [2.24, 2.45) is 5.92 Å². The SMILES string of the molecule is CNCCC1CCN(C(=O)c2cc(C3CC3)on2)CC1. The summed E-state index contributed by atoms with van der Waals surface area (Å²) in [5.74, 6) is 2.17.